The molecular weight excluding hydrogens is 430 g/mol. The normalized spacial score (nSPS) is 21.5. The number of rotatable bonds is 5. The van der Waals surface area contributed by atoms with Crippen LogP contribution < -0.4 is 20.9 Å². The van der Waals surface area contributed by atoms with Crippen LogP contribution in [0, 0.1) is 0 Å². The molecule has 3 fully saturated rings. The number of fused-ring (bicyclic) bond motifs is 1. The van der Waals surface area contributed by atoms with Gasteiger partial charge in [0.05, 0.1) is 29.3 Å². The van der Waals surface area contributed by atoms with E-state index in [2.05, 4.69) is 15.2 Å². The molecule has 2 aliphatic heterocycles. The highest BCUT2D eigenvalue weighted by Crippen LogP contribution is 2.44. The van der Waals surface area contributed by atoms with E-state index in [9.17, 15) is 4.79 Å². The number of carbonyl (C=O) groups is 1. The van der Waals surface area contributed by atoms with Crippen LogP contribution in [0.1, 0.15) is 41.4 Å². The summed E-state index contributed by atoms with van der Waals surface area (Å²) in [6.07, 6.45) is 4.44. The van der Waals surface area contributed by atoms with Gasteiger partial charge in [0.25, 0.3) is 11.9 Å². The fourth-order valence-electron chi connectivity index (χ4n) is 4.19. The van der Waals surface area contributed by atoms with E-state index in [1.165, 1.54) is 6.26 Å². The molecule has 168 valence electrons. The Morgan fingerprint density at radius 1 is 1.12 bits per heavy atom. The summed E-state index contributed by atoms with van der Waals surface area (Å²) in [5.74, 6) is 0.0617. The molecule has 3 aromatic rings. The largest absolute Gasteiger partial charge is 0.431 e. The van der Waals surface area contributed by atoms with Gasteiger partial charge >= 0.3 is 0 Å². The highest BCUT2D eigenvalue weighted by atomic mass is 32.1. The monoisotopic (exact) mass is 455 g/mol. The molecule has 2 saturated heterocycles. The third kappa shape index (κ3) is 3.80. The van der Waals surface area contributed by atoms with Crippen LogP contribution in [0.25, 0.3) is 10.3 Å². The average Bonchev–Trinajstić information content (AvgIpc) is 3.19. The maximum absolute atomic E-state index is 13.0. The van der Waals surface area contributed by atoms with Crippen molar-refractivity contribution in [3.63, 3.8) is 0 Å². The third-order valence-electron chi connectivity index (χ3n) is 6.11. The SMILES string of the molecule is N[C@H]1CCN(c2nc(C(=O)Nc3cc4sc(N5CCOCC5)nc4nc3C3CC3)co2)C1. The first-order valence-corrected chi connectivity index (χ1v) is 11.9. The van der Waals surface area contributed by atoms with Gasteiger partial charge in [0.1, 0.15) is 6.26 Å². The van der Waals surface area contributed by atoms with Crippen molar-refractivity contribution in [3.8, 4) is 0 Å². The quantitative estimate of drug-likeness (QED) is 0.596. The zero-order valence-electron chi connectivity index (χ0n) is 17.6. The Hall–Kier alpha value is -2.76. The van der Waals surface area contributed by atoms with Crippen molar-refractivity contribution in [2.24, 2.45) is 5.73 Å². The van der Waals surface area contributed by atoms with Gasteiger partial charge in [0.15, 0.2) is 16.5 Å². The number of hydrogen-bond acceptors (Lipinski definition) is 10. The smallest absolute Gasteiger partial charge is 0.298 e. The van der Waals surface area contributed by atoms with E-state index >= 15 is 0 Å². The van der Waals surface area contributed by atoms with Crippen LogP contribution in [0.5, 0.6) is 0 Å². The van der Waals surface area contributed by atoms with Gasteiger partial charge in [-0.1, -0.05) is 11.3 Å². The van der Waals surface area contributed by atoms with E-state index in [1.54, 1.807) is 11.3 Å². The summed E-state index contributed by atoms with van der Waals surface area (Å²) < 4.78 is 11.9. The van der Waals surface area contributed by atoms with Crippen molar-refractivity contribution in [1.82, 2.24) is 15.0 Å². The number of nitrogens with one attached hydrogen (secondary N) is 1. The fraction of sp³-hybridized carbons (Fsp3) is 0.524. The number of hydrogen-bond donors (Lipinski definition) is 2. The minimum absolute atomic E-state index is 0.111. The van der Waals surface area contributed by atoms with E-state index < -0.39 is 0 Å². The summed E-state index contributed by atoms with van der Waals surface area (Å²) in [7, 11) is 0. The Morgan fingerprint density at radius 2 is 1.97 bits per heavy atom. The second-order valence-electron chi connectivity index (χ2n) is 8.58. The highest BCUT2D eigenvalue weighted by Gasteiger charge is 2.30. The topological polar surface area (TPSA) is 123 Å². The number of carbonyl (C=O) groups excluding carboxylic acids is 1. The van der Waals surface area contributed by atoms with Gasteiger partial charge in [-0.2, -0.15) is 9.97 Å². The van der Waals surface area contributed by atoms with E-state index in [0.717, 1.165) is 65.8 Å². The standard InChI is InChI=1S/C21H25N7O3S/c22-13-3-4-28(10-13)20-24-15(11-31-20)19(29)23-14-9-16-18(25-17(14)12-1-2-12)26-21(32-16)27-5-7-30-8-6-27/h9,11-13H,1-8,10,22H2,(H,23,29)/t13-/m0/s1. The van der Waals surface area contributed by atoms with Gasteiger partial charge in [-0.05, 0) is 25.3 Å². The molecule has 1 aliphatic carbocycles. The van der Waals surface area contributed by atoms with Crippen LogP contribution in [0.15, 0.2) is 16.7 Å². The van der Waals surface area contributed by atoms with Gasteiger partial charge in [0, 0.05) is 38.1 Å². The lowest BCUT2D eigenvalue weighted by molar-refractivity contribution is 0.102. The molecule has 3 aliphatic rings. The van der Waals surface area contributed by atoms with Crippen molar-refractivity contribution in [2.75, 3.05) is 54.5 Å². The second kappa shape index (κ2) is 7.98. The first-order chi connectivity index (χ1) is 15.6. The number of nitrogens with two attached hydrogens (primary N) is 1. The van der Waals surface area contributed by atoms with E-state index in [0.29, 0.717) is 31.7 Å². The molecule has 0 bridgehead atoms. The average molecular weight is 456 g/mol. The number of pyridine rings is 1. The number of aromatic nitrogens is 3. The second-order valence-corrected chi connectivity index (χ2v) is 9.59. The lowest BCUT2D eigenvalue weighted by atomic mass is 10.2. The molecule has 10 nitrogen and oxygen atoms in total. The minimum Gasteiger partial charge on any atom is -0.431 e. The van der Waals surface area contributed by atoms with Gasteiger partial charge in [-0.25, -0.2) is 4.98 Å². The lowest BCUT2D eigenvalue weighted by Crippen LogP contribution is -2.36. The molecule has 1 amide bonds. The lowest BCUT2D eigenvalue weighted by Gasteiger charge is -2.25. The molecule has 11 heteroatoms. The maximum Gasteiger partial charge on any atom is 0.298 e. The Morgan fingerprint density at radius 3 is 2.72 bits per heavy atom. The predicted molar refractivity (Wildman–Crippen MR) is 122 cm³/mol. The zero-order chi connectivity index (χ0) is 21.7. The third-order valence-corrected chi connectivity index (χ3v) is 7.17. The Balaban J connectivity index is 1.25. The highest BCUT2D eigenvalue weighted by molar-refractivity contribution is 7.22. The molecule has 0 spiro atoms. The molecule has 0 radical (unpaired) electrons. The molecule has 1 saturated carbocycles. The number of amides is 1. The van der Waals surface area contributed by atoms with Crippen LogP contribution in [0.2, 0.25) is 0 Å². The van der Waals surface area contributed by atoms with Crippen molar-refractivity contribution in [2.45, 2.75) is 31.2 Å². The molecular formula is C21H25N7O3S. The number of nitrogens with zero attached hydrogens (tertiary/aromatic N) is 5. The van der Waals surface area contributed by atoms with Crippen molar-refractivity contribution in [1.29, 1.82) is 0 Å². The number of ether oxygens (including phenoxy) is 1. The summed E-state index contributed by atoms with van der Waals surface area (Å²) in [6.45, 7) is 4.55. The van der Waals surface area contributed by atoms with Crippen LogP contribution in [0.4, 0.5) is 16.8 Å². The molecule has 6 rings (SSSR count). The van der Waals surface area contributed by atoms with Gasteiger partial charge in [0.2, 0.25) is 0 Å². The number of oxazole rings is 1. The Labute approximate surface area is 188 Å². The maximum atomic E-state index is 13.0. The van der Waals surface area contributed by atoms with Crippen LogP contribution >= 0.6 is 11.3 Å². The van der Waals surface area contributed by atoms with Crippen LogP contribution in [-0.4, -0.2) is 66.3 Å². The fourth-order valence-corrected chi connectivity index (χ4v) is 5.18. The summed E-state index contributed by atoms with van der Waals surface area (Å²) in [4.78, 5) is 31.1. The molecule has 1 atom stereocenters. The van der Waals surface area contributed by atoms with Crippen LogP contribution in [-0.2, 0) is 4.74 Å². The first-order valence-electron chi connectivity index (χ1n) is 11.1. The number of thiazole rings is 1. The minimum atomic E-state index is -0.301. The van der Waals surface area contributed by atoms with E-state index in [1.807, 2.05) is 11.0 Å². The van der Waals surface area contributed by atoms with Crippen LogP contribution in [0.3, 0.4) is 0 Å². The zero-order valence-corrected chi connectivity index (χ0v) is 18.4. The molecule has 0 unspecified atom stereocenters. The summed E-state index contributed by atoms with van der Waals surface area (Å²) in [6, 6.07) is 2.55. The molecule has 3 N–H and O–H groups in total. The summed E-state index contributed by atoms with van der Waals surface area (Å²) in [5.41, 5.74) is 8.59. The van der Waals surface area contributed by atoms with Crippen molar-refractivity contribution in [3.05, 3.63) is 23.7 Å². The van der Waals surface area contributed by atoms with Crippen molar-refractivity contribution < 1.29 is 13.9 Å². The first kappa shape index (κ1) is 19.9. The van der Waals surface area contributed by atoms with Crippen molar-refractivity contribution >= 4 is 44.4 Å². The molecule has 3 aromatic heterocycles. The predicted octanol–water partition coefficient (Wildman–Crippen LogP) is 2.18. The number of morpholine rings is 1. The summed E-state index contributed by atoms with van der Waals surface area (Å²) >= 11 is 1.60. The molecule has 0 aromatic carbocycles. The van der Waals surface area contributed by atoms with Gasteiger partial charge in [-0.15, -0.1) is 0 Å². The van der Waals surface area contributed by atoms with Gasteiger partial charge in [-0.3, -0.25) is 4.79 Å². The van der Waals surface area contributed by atoms with E-state index in [4.69, 9.17) is 24.9 Å². The molecule has 32 heavy (non-hydrogen) atoms. The Bertz CT molecular complexity index is 1150. The number of anilines is 3. The molecule has 5 heterocycles. The summed E-state index contributed by atoms with van der Waals surface area (Å²) in [5, 5.41) is 3.97. The van der Waals surface area contributed by atoms with Gasteiger partial charge < -0.3 is 30.0 Å². The Kier molecular flexibility index (Phi) is 4.96. The van der Waals surface area contributed by atoms with E-state index in [-0.39, 0.29) is 17.6 Å².